The SMILES string of the molecule is CCCNC(Cc1ncc[nH]1)C1CCOc2ccccc21. The lowest BCUT2D eigenvalue weighted by molar-refractivity contribution is 0.243. The van der Waals surface area contributed by atoms with Crippen LogP contribution in [0.25, 0.3) is 0 Å². The molecule has 2 heterocycles. The molecule has 2 unspecified atom stereocenters. The van der Waals surface area contributed by atoms with Crippen LogP contribution in [-0.4, -0.2) is 29.2 Å². The molecule has 4 heteroatoms. The van der Waals surface area contributed by atoms with Gasteiger partial charge in [0.2, 0.25) is 0 Å². The zero-order valence-corrected chi connectivity index (χ0v) is 12.5. The smallest absolute Gasteiger partial charge is 0.122 e. The first-order valence-corrected chi connectivity index (χ1v) is 7.82. The fourth-order valence-corrected chi connectivity index (χ4v) is 3.09. The van der Waals surface area contributed by atoms with Crippen molar-refractivity contribution in [2.45, 2.75) is 38.1 Å². The van der Waals surface area contributed by atoms with Crippen LogP contribution in [0, 0.1) is 0 Å². The predicted molar refractivity (Wildman–Crippen MR) is 83.7 cm³/mol. The molecule has 2 atom stereocenters. The molecule has 1 aromatic carbocycles. The molecule has 0 saturated heterocycles. The summed E-state index contributed by atoms with van der Waals surface area (Å²) in [4.78, 5) is 7.61. The Labute approximate surface area is 125 Å². The molecule has 0 spiro atoms. The molecule has 21 heavy (non-hydrogen) atoms. The Morgan fingerprint density at radius 2 is 2.33 bits per heavy atom. The Bertz CT molecular complexity index is 553. The first kappa shape index (κ1) is 14.1. The number of aromatic amines is 1. The van der Waals surface area contributed by atoms with Crippen molar-refractivity contribution in [2.24, 2.45) is 0 Å². The molecule has 0 fully saturated rings. The van der Waals surface area contributed by atoms with E-state index >= 15 is 0 Å². The second kappa shape index (κ2) is 6.76. The first-order valence-electron chi connectivity index (χ1n) is 7.82. The number of nitrogens with one attached hydrogen (secondary N) is 2. The van der Waals surface area contributed by atoms with Gasteiger partial charge in [-0.3, -0.25) is 0 Å². The summed E-state index contributed by atoms with van der Waals surface area (Å²) in [6.07, 6.45) is 6.83. The summed E-state index contributed by atoms with van der Waals surface area (Å²) in [5.41, 5.74) is 1.32. The van der Waals surface area contributed by atoms with Crippen molar-refractivity contribution < 1.29 is 4.74 Å². The van der Waals surface area contributed by atoms with Gasteiger partial charge in [0.25, 0.3) is 0 Å². The van der Waals surface area contributed by atoms with E-state index in [1.807, 2.05) is 18.5 Å². The molecule has 3 rings (SSSR count). The number of benzene rings is 1. The maximum atomic E-state index is 5.79. The van der Waals surface area contributed by atoms with Gasteiger partial charge in [0.05, 0.1) is 6.61 Å². The number of para-hydroxylation sites is 1. The molecule has 0 amide bonds. The van der Waals surface area contributed by atoms with Crippen molar-refractivity contribution in [3.63, 3.8) is 0 Å². The Morgan fingerprint density at radius 1 is 1.43 bits per heavy atom. The van der Waals surface area contributed by atoms with Gasteiger partial charge in [-0.2, -0.15) is 0 Å². The predicted octanol–water partition coefficient (Wildman–Crippen LogP) is 2.89. The van der Waals surface area contributed by atoms with E-state index in [1.54, 1.807) is 0 Å². The molecular weight excluding hydrogens is 262 g/mol. The molecule has 1 aliphatic rings. The summed E-state index contributed by atoms with van der Waals surface area (Å²) in [5.74, 6) is 2.57. The van der Waals surface area contributed by atoms with E-state index in [-0.39, 0.29) is 0 Å². The number of rotatable bonds is 6. The van der Waals surface area contributed by atoms with E-state index in [1.165, 1.54) is 5.56 Å². The maximum Gasteiger partial charge on any atom is 0.122 e. The minimum absolute atomic E-state index is 0.390. The molecule has 112 valence electrons. The molecule has 0 saturated carbocycles. The van der Waals surface area contributed by atoms with Crippen molar-refractivity contribution in [1.29, 1.82) is 0 Å². The zero-order valence-electron chi connectivity index (χ0n) is 12.5. The monoisotopic (exact) mass is 285 g/mol. The van der Waals surface area contributed by atoms with Gasteiger partial charge < -0.3 is 15.0 Å². The highest BCUT2D eigenvalue weighted by molar-refractivity contribution is 5.38. The van der Waals surface area contributed by atoms with E-state index in [9.17, 15) is 0 Å². The van der Waals surface area contributed by atoms with Gasteiger partial charge in [-0.05, 0) is 31.0 Å². The van der Waals surface area contributed by atoms with Crippen molar-refractivity contribution in [1.82, 2.24) is 15.3 Å². The number of aromatic nitrogens is 2. The van der Waals surface area contributed by atoms with Crippen LogP contribution in [0.2, 0.25) is 0 Å². The molecule has 0 radical (unpaired) electrons. The lowest BCUT2D eigenvalue weighted by atomic mass is 9.85. The van der Waals surface area contributed by atoms with Gasteiger partial charge in [-0.25, -0.2) is 4.98 Å². The normalized spacial score (nSPS) is 18.8. The van der Waals surface area contributed by atoms with Crippen molar-refractivity contribution >= 4 is 0 Å². The highest BCUT2D eigenvalue weighted by atomic mass is 16.5. The van der Waals surface area contributed by atoms with Gasteiger partial charge in [0, 0.05) is 30.8 Å². The molecule has 2 N–H and O–H groups in total. The Balaban J connectivity index is 1.82. The van der Waals surface area contributed by atoms with Crippen molar-refractivity contribution in [2.75, 3.05) is 13.2 Å². The number of fused-ring (bicyclic) bond motifs is 1. The van der Waals surface area contributed by atoms with Gasteiger partial charge in [0.15, 0.2) is 0 Å². The van der Waals surface area contributed by atoms with E-state index < -0.39 is 0 Å². The number of hydrogen-bond donors (Lipinski definition) is 2. The Kier molecular flexibility index (Phi) is 4.55. The second-order valence-corrected chi connectivity index (χ2v) is 5.58. The number of H-pyrrole nitrogens is 1. The molecule has 1 aromatic heterocycles. The first-order chi connectivity index (χ1) is 10.4. The van der Waals surface area contributed by atoms with Gasteiger partial charge >= 0.3 is 0 Å². The van der Waals surface area contributed by atoms with E-state index in [0.29, 0.717) is 12.0 Å². The standard InChI is InChI=1S/C17H23N3O/c1-2-8-18-15(12-17-19-9-10-20-17)13-7-11-21-16-6-4-3-5-14(13)16/h3-6,9-10,13,15,18H,2,7-8,11-12H2,1H3,(H,19,20). The lowest BCUT2D eigenvalue weighted by Crippen LogP contribution is -2.39. The minimum Gasteiger partial charge on any atom is -0.493 e. The summed E-state index contributed by atoms with van der Waals surface area (Å²) < 4.78 is 5.79. The number of nitrogens with zero attached hydrogens (tertiary/aromatic N) is 1. The molecule has 0 bridgehead atoms. The molecule has 4 nitrogen and oxygen atoms in total. The van der Waals surface area contributed by atoms with Crippen LogP contribution < -0.4 is 10.1 Å². The van der Waals surface area contributed by atoms with E-state index in [0.717, 1.165) is 44.0 Å². The number of imidazole rings is 1. The molecule has 2 aromatic rings. The fraction of sp³-hybridized carbons (Fsp3) is 0.471. The average Bonchev–Trinajstić information content (AvgIpc) is 3.04. The third-order valence-corrected chi connectivity index (χ3v) is 4.12. The van der Waals surface area contributed by atoms with Crippen LogP contribution in [0.1, 0.15) is 37.1 Å². The van der Waals surface area contributed by atoms with E-state index in [2.05, 4.69) is 40.4 Å². The van der Waals surface area contributed by atoms with Crippen molar-refractivity contribution in [3.05, 3.63) is 48.0 Å². The van der Waals surface area contributed by atoms with E-state index in [4.69, 9.17) is 4.74 Å². The summed E-state index contributed by atoms with van der Waals surface area (Å²) in [6.45, 7) is 4.03. The Hall–Kier alpha value is -1.81. The third kappa shape index (κ3) is 3.27. The minimum atomic E-state index is 0.390. The quantitative estimate of drug-likeness (QED) is 0.858. The summed E-state index contributed by atoms with van der Waals surface area (Å²) >= 11 is 0. The van der Waals surface area contributed by atoms with Crippen molar-refractivity contribution in [3.8, 4) is 5.75 Å². The largest absolute Gasteiger partial charge is 0.493 e. The summed E-state index contributed by atoms with van der Waals surface area (Å²) in [7, 11) is 0. The van der Waals surface area contributed by atoms with Gasteiger partial charge in [-0.15, -0.1) is 0 Å². The molecular formula is C17H23N3O. The van der Waals surface area contributed by atoms with Gasteiger partial charge in [-0.1, -0.05) is 25.1 Å². The van der Waals surface area contributed by atoms with Crippen LogP contribution in [0.5, 0.6) is 5.75 Å². The van der Waals surface area contributed by atoms with Crippen LogP contribution in [-0.2, 0) is 6.42 Å². The topological polar surface area (TPSA) is 49.9 Å². The lowest BCUT2D eigenvalue weighted by Gasteiger charge is -2.32. The molecule has 0 aliphatic carbocycles. The third-order valence-electron chi connectivity index (χ3n) is 4.12. The fourth-order valence-electron chi connectivity index (χ4n) is 3.09. The highest BCUT2D eigenvalue weighted by Gasteiger charge is 2.29. The number of hydrogen-bond acceptors (Lipinski definition) is 3. The van der Waals surface area contributed by atoms with Crippen LogP contribution in [0.4, 0.5) is 0 Å². The van der Waals surface area contributed by atoms with Crippen LogP contribution in [0.15, 0.2) is 36.7 Å². The average molecular weight is 285 g/mol. The second-order valence-electron chi connectivity index (χ2n) is 5.58. The zero-order chi connectivity index (χ0) is 14.5. The summed E-state index contributed by atoms with van der Waals surface area (Å²) in [6, 6.07) is 8.81. The molecule has 1 aliphatic heterocycles. The highest BCUT2D eigenvalue weighted by Crippen LogP contribution is 2.36. The summed E-state index contributed by atoms with van der Waals surface area (Å²) in [5, 5.41) is 3.70. The Morgan fingerprint density at radius 3 is 3.14 bits per heavy atom. The van der Waals surface area contributed by atoms with Crippen LogP contribution >= 0.6 is 0 Å². The number of ether oxygens (including phenoxy) is 1. The maximum absolute atomic E-state index is 5.79. The van der Waals surface area contributed by atoms with Gasteiger partial charge in [0.1, 0.15) is 11.6 Å². The van der Waals surface area contributed by atoms with Crippen LogP contribution in [0.3, 0.4) is 0 Å².